The Hall–Kier alpha value is -2.55. The first kappa shape index (κ1) is 12.5. The number of nitrogens with zero attached hydrogens (tertiary/aromatic N) is 1. The van der Waals surface area contributed by atoms with Crippen molar-refractivity contribution in [2.45, 2.75) is 13.0 Å². The van der Waals surface area contributed by atoms with Gasteiger partial charge in [-0.2, -0.15) is 5.26 Å². The molecule has 0 saturated heterocycles. The van der Waals surface area contributed by atoms with E-state index >= 15 is 0 Å². The van der Waals surface area contributed by atoms with Gasteiger partial charge in [0.05, 0.1) is 11.6 Å². The smallest absolute Gasteiger partial charge is 0.318 e. The van der Waals surface area contributed by atoms with Crippen LogP contribution in [0.2, 0.25) is 0 Å². The number of imide groups is 1. The molecule has 0 aliphatic heterocycles. The van der Waals surface area contributed by atoms with Crippen LogP contribution in [0.15, 0.2) is 24.3 Å². The summed E-state index contributed by atoms with van der Waals surface area (Å²) in [6.07, 6.45) is -0.851. The molecule has 6 nitrogen and oxygen atoms in total. The average Bonchev–Trinajstić information content (AvgIpc) is 2.29. The quantitative estimate of drug-likeness (QED) is 0.793. The molecule has 0 heterocycles. The van der Waals surface area contributed by atoms with Gasteiger partial charge in [0.15, 0.2) is 6.10 Å². The zero-order chi connectivity index (χ0) is 12.8. The van der Waals surface area contributed by atoms with Gasteiger partial charge in [-0.15, -0.1) is 0 Å². The summed E-state index contributed by atoms with van der Waals surface area (Å²) in [5.41, 5.74) is 5.29. The molecule has 0 spiro atoms. The van der Waals surface area contributed by atoms with Crippen molar-refractivity contribution in [3.8, 4) is 11.8 Å². The predicted octanol–water partition coefficient (Wildman–Crippen LogP) is 0.520. The average molecular weight is 233 g/mol. The summed E-state index contributed by atoms with van der Waals surface area (Å²) in [7, 11) is 0. The fourth-order valence-electron chi connectivity index (χ4n) is 1.09. The van der Waals surface area contributed by atoms with Gasteiger partial charge in [-0.25, -0.2) is 4.79 Å². The summed E-state index contributed by atoms with van der Waals surface area (Å²) in [6.45, 7) is 1.48. The highest BCUT2D eigenvalue weighted by Crippen LogP contribution is 2.13. The number of nitrogens with two attached hydrogens (primary N) is 1. The van der Waals surface area contributed by atoms with Crippen molar-refractivity contribution in [3.05, 3.63) is 29.8 Å². The molecular weight excluding hydrogens is 222 g/mol. The van der Waals surface area contributed by atoms with Gasteiger partial charge in [-0.05, 0) is 31.2 Å². The van der Waals surface area contributed by atoms with E-state index in [0.29, 0.717) is 11.3 Å². The van der Waals surface area contributed by atoms with Crippen LogP contribution in [-0.4, -0.2) is 18.0 Å². The highest BCUT2D eigenvalue weighted by Gasteiger charge is 2.15. The molecule has 0 unspecified atom stereocenters. The second-order valence-electron chi connectivity index (χ2n) is 3.25. The van der Waals surface area contributed by atoms with Crippen molar-refractivity contribution in [1.29, 1.82) is 5.26 Å². The lowest BCUT2D eigenvalue weighted by atomic mass is 10.2. The van der Waals surface area contributed by atoms with E-state index in [0.717, 1.165) is 0 Å². The van der Waals surface area contributed by atoms with E-state index in [1.54, 1.807) is 24.3 Å². The van der Waals surface area contributed by atoms with Crippen LogP contribution in [0.5, 0.6) is 5.75 Å². The number of rotatable bonds is 3. The number of hydrogen-bond donors (Lipinski definition) is 2. The van der Waals surface area contributed by atoms with Gasteiger partial charge in [-0.1, -0.05) is 0 Å². The molecule has 0 radical (unpaired) electrons. The van der Waals surface area contributed by atoms with Crippen molar-refractivity contribution >= 4 is 11.9 Å². The maximum atomic E-state index is 11.3. The zero-order valence-electron chi connectivity index (χ0n) is 9.14. The number of hydrogen-bond acceptors (Lipinski definition) is 4. The molecule has 0 aromatic heterocycles. The first-order chi connectivity index (χ1) is 8.02. The molecule has 1 rings (SSSR count). The van der Waals surface area contributed by atoms with Crippen molar-refractivity contribution < 1.29 is 14.3 Å². The topological polar surface area (TPSA) is 105 Å². The zero-order valence-corrected chi connectivity index (χ0v) is 9.14. The Morgan fingerprint density at radius 3 is 2.47 bits per heavy atom. The molecule has 3 N–H and O–H groups in total. The molecule has 0 fully saturated rings. The third kappa shape index (κ3) is 3.83. The number of benzene rings is 1. The Labute approximate surface area is 98.0 Å². The van der Waals surface area contributed by atoms with Crippen LogP contribution in [0.25, 0.3) is 0 Å². The summed E-state index contributed by atoms with van der Waals surface area (Å²) in [4.78, 5) is 21.7. The summed E-state index contributed by atoms with van der Waals surface area (Å²) < 4.78 is 5.25. The van der Waals surface area contributed by atoms with Crippen molar-refractivity contribution in [1.82, 2.24) is 5.32 Å². The van der Waals surface area contributed by atoms with Crippen molar-refractivity contribution in [2.24, 2.45) is 5.73 Å². The van der Waals surface area contributed by atoms with Crippen LogP contribution >= 0.6 is 0 Å². The van der Waals surface area contributed by atoms with E-state index in [9.17, 15) is 9.59 Å². The predicted molar refractivity (Wildman–Crippen MR) is 59.0 cm³/mol. The van der Waals surface area contributed by atoms with E-state index in [1.807, 2.05) is 11.4 Å². The van der Waals surface area contributed by atoms with Crippen molar-refractivity contribution in [3.63, 3.8) is 0 Å². The minimum absolute atomic E-state index is 0.427. The lowest BCUT2D eigenvalue weighted by molar-refractivity contribution is -0.126. The van der Waals surface area contributed by atoms with Crippen LogP contribution in [0.1, 0.15) is 12.5 Å². The first-order valence-electron chi connectivity index (χ1n) is 4.80. The van der Waals surface area contributed by atoms with E-state index < -0.39 is 18.0 Å². The Bertz CT molecular complexity index is 462. The SMILES string of the molecule is C[C@H](Oc1ccc(C#N)cc1)C(=O)NC(N)=O. The number of nitriles is 1. The van der Waals surface area contributed by atoms with E-state index in [4.69, 9.17) is 15.7 Å². The summed E-state index contributed by atoms with van der Waals surface area (Å²) >= 11 is 0. The molecule has 17 heavy (non-hydrogen) atoms. The van der Waals surface area contributed by atoms with Gasteiger partial charge < -0.3 is 10.5 Å². The largest absolute Gasteiger partial charge is 0.481 e. The van der Waals surface area contributed by atoms with Crippen LogP contribution < -0.4 is 15.8 Å². The Balaban J connectivity index is 2.61. The maximum absolute atomic E-state index is 11.3. The lowest BCUT2D eigenvalue weighted by Crippen LogP contribution is -2.42. The highest BCUT2D eigenvalue weighted by molar-refractivity contribution is 5.95. The highest BCUT2D eigenvalue weighted by atomic mass is 16.5. The molecule has 3 amide bonds. The lowest BCUT2D eigenvalue weighted by Gasteiger charge is -2.13. The fourth-order valence-corrected chi connectivity index (χ4v) is 1.09. The normalized spacial score (nSPS) is 11.1. The third-order valence-electron chi connectivity index (χ3n) is 1.91. The van der Waals surface area contributed by atoms with Crippen LogP contribution in [0.3, 0.4) is 0 Å². The van der Waals surface area contributed by atoms with Gasteiger partial charge >= 0.3 is 6.03 Å². The Morgan fingerprint density at radius 2 is 2.00 bits per heavy atom. The molecule has 88 valence electrons. The summed E-state index contributed by atoms with van der Waals surface area (Å²) in [5, 5.41) is 10.5. The van der Waals surface area contributed by atoms with Gasteiger partial charge in [0.2, 0.25) is 0 Å². The molecule has 6 heteroatoms. The summed E-state index contributed by atoms with van der Waals surface area (Å²) in [5.74, 6) is -0.196. The number of nitrogens with one attached hydrogen (secondary N) is 1. The number of urea groups is 1. The van der Waals surface area contributed by atoms with Gasteiger partial charge in [0.25, 0.3) is 5.91 Å². The Morgan fingerprint density at radius 1 is 1.41 bits per heavy atom. The fraction of sp³-hybridized carbons (Fsp3) is 0.182. The molecular formula is C11H11N3O3. The van der Waals surface area contributed by atoms with Crippen LogP contribution in [0, 0.1) is 11.3 Å². The van der Waals surface area contributed by atoms with Crippen LogP contribution in [-0.2, 0) is 4.79 Å². The van der Waals surface area contributed by atoms with E-state index in [2.05, 4.69) is 0 Å². The maximum Gasteiger partial charge on any atom is 0.318 e. The number of carbonyl (C=O) groups is 2. The second kappa shape index (κ2) is 5.51. The molecule has 0 saturated carbocycles. The van der Waals surface area contributed by atoms with Gasteiger partial charge in [0.1, 0.15) is 5.75 Å². The van der Waals surface area contributed by atoms with E-state index in [1.165, 1.54) is 6.92 Å². The third-order valence-corrected chi connectivity index (χ3v) is 1.91. The molecule has 0 bridgehead atoms. The Kier molecular flexibility index (Phi) is 4.06. The van der Waals surface area contributed by atoms with Crippen molar-refractivity contribution in [2.75, 3.05) is 0 Å². The molecule has 0 aliphatic carbocycles. The van der Waals surface area contributed by atoms with Gasteiger partial charge in [-0.3, -0.25) is 10.1 Å². The van der Waals surface area contributed by atoms with E-state index in [-0.39, 0.29) is 0 Å². The molecule has 0 aliphatic rings. The second-order valence-corrected chi connectivity index (χ2v) is 3.25. The first-order valence-corrected chi connectivity index (χ1v) is 4.80. The molecule has 1 aromatic rings. The van der Waals surface area contributed by atoms with Crippen LogP contribution in [0.4, 0.5) is 4.79 Å². The van der Waals surface area contributed by atoms with Gasteiger partial charge in [0, 0.05) is 0 Å². The minimum Gasteiger partial charge on any atom is -0.481 e. The molecule has 1 atom stereocenters. The standard InChI is InChI=1S/C11H11N3O3/c1-7(10(15)14-11(13)16)17-9-4-2-8(6-12)3-5-9/h2-5,7H,1H3,(H3,13,14,15,16)/t7-/m0/s1. The number of carbonyl (C=O) groups excluding carboxylic acids is 2. The number of amides is 3. The molecule has 1 aromatic carbocycles. The minimum atomic E-state index is -0.926. The monoisotopic (exact) mass is 233 g/mol. The number of ether oxygens (including phenoxy) is 1. The number of primary amides is 1. The summed E-state index contributed by atoms with van der Waals surface area (Å²) in [6, 6.07) is 7.29.